The minimum absolute atomic E-state index is 0.129. The molecule has 0 saturated carbocycles. The molecule has 3 aromatic rings. The van der Waals surface area contributed by atoms with Crippen LogP contribution < -0.4 is 4.72 Å². The number of nitrogens with zero attached hydrogens (tertiary/aromatic N) is 2. The number of anilines is 1. The van der Waals surface area contributed by atoms with Gasteiger partial charge in [0.1, 0.15) is 5.82 Å². The summed E-state index contributed by atoms with van der Waals surface area (Å²) < 4.78 is 67.4. The highest BCUT2D eigenvalue weighted by molar-refractivity contribution is 7.92. The third-order valence-corrected chi connectivity index (χ3v) is 7.69. The van der Waals surface area contributed by atoms with E-state index in [9.17, 15) is 21.2 Å². The van der Waals surface area contributed by atoms with Crippen LogP contribution in [-0.2, 0) is 20.0 Å². The second kappa shape index (κ2) is 8.60. The molecule has 0 spiro atoms. The molecule has 0 radical (unpaired) electrons. The molecule has 4 rings (SSSR count). The molecule has 0 unspecified atom stereocenters. The summed E-state index contributed by atoms with van der Waals surface area (Å²) in [5.74, 6) is -0.467. The first kappa shape index (κ1) is 22.9. The molecule has 33 heavy (non-hydrogen) atoms. The van der Waals surface area contributed by atoms with E-state index in [0.717, 1.165) is 10.7 Å². The predicted octanol–water partition coefficient (Wildman–Crippen LogP) is 4.05. The average Bonchev–Trinajstić information content (AvgIpc) is 3.20. The van der Waals surface area contributed by atoms with Crippen molar-refractivity contribution in [3.05, 3.63) is 95.3 Å². The molecular formula is C23H22FN3O4S2. The molecule has 0 aliphatic carbocycles. The van der Waals surface area contributed by atoms with Crippen LogP contribution in [0, 0.1) is 12.7 Å². The Morgan fingerprint density at radius 2 is 1.67 bits per heavy atom. The van der Waals surface area contributed by atoms with Gasteiger partial charge in [0.15, 0.2) is 0 Å². The van der Waals surface area contributed by atoms with Gasteiger partial charge in [-0.3, -0.25) is 4.72 Å². The van der Waals surface area contributed by atoms with E-state index in [0.29, 0.717) is 28.1 Å². The zero-order chi connectivity index (χ0) is 23.8. The summed E-state index contributed by atoms with van der Waals surface area (Å²) in [4.78, 5) is 0.129. The van der Waals surface area contributed by atoms with Crippen molar-refractivity contribution in [1.82, 2.24) is 4.41 Å². The Morgan fingerprint density at radius 3 is 2.30 bits per heavy atom. The van der Waals surface area contributed by atoms with E-state index in [4.69, 9.17) is 0 Å². The number of sulfonamides is 2. The second-order valence-corrected chi connectivity index (χ2v) is 11.3. The molecule has 10 heteroatoms. The Kier molecular flexibility index (Phi) is 5.98. The van der Waals surface area contributed by atoms with Gasteiger partial charge in [0, 0.05) is 12.1 Å². The van der Waals surface area contributed by atoms with Crippen molar-refractivity contribution in [3.8, 4) is 0 Å². The quantitative estimate of drug-likeness (QED) is 0.568. The van der Waals surface area contributed by atoms with Crippen LogP contribution in [0.1, 0.15) is 29.2 Å². The Bertz CT molecular complexity index is 1440. The fourth-order valence-electron chi connectivity index (χ4n) is 3.74. The van der Waals surface area contributed by atoms with Gasteiger partial charge in [0.05, 0.1) is 22.9 Å². The lowest BCUT2D eigenvalue weighted by Crippen LogP contribution is -2.28. The van der Waals surface area contributed by atoms with Crippen molar-refractivity contribution < 1.29 is 21.2 Å². The first-order chi connectivity index (χ1) is 15.5. The molecule has 172 valence electrons. The molecule has 0 fully saturated rings. The van der Waals surface area contributed by atoms with Crippen LogP contribution in [-0.4, -0.2) is 33.2 Å². The molecule has 1 heterocycles. The van der Waals surface area contributed by atoms with Crippen LogP contribution in [0.15, 0.2) is 82.8 Å². The maximum Gasteiger partial charge on any atom is 0.279 e. The minimum Gasteiger partial charge on any atom is -0.284 e. The van der Waals surface area contributed by atoms with Crippen molar-refractivity contribution in [2.75, 3.05) is 11.0 Å². The van der Waals surface area contributed by atoms with Crippen LogP contribution in [0.5, 0.6) is 0 Å². The van der Waals surface area contributed by atoms with E-state index in [2.05, 4.69) is 9.82 Å². The minimum atomic E-state index is -4.02. The molecule has 0 aromatic heterocycles. The lowest BCUT2D eigenvalue weighted by atomic mass is 9.99. The molecule has 1 N–H and O–H groups in total. The first-order valence-electron chi connectivity index (χ1n) is 10.1. The van der Waals surface area contributed by atoms with E-state index >= 15 is 0 Å². The zero-order valence-corrected chi connectivity index (χ0v) is 19.6. The van der Waals surface area contributed by atoms with E-state index in [-0.39, 0.29) is 11.3 Å². The number of hydrogen-bond acceptors (Lipinski definition) is 5. The van der Waals surface area contributed by atoms with Gasteiger partial charge >= 0.3 is 0 Å². The van der Waals surface area contributed by atoms with Gasteiger partial charge in [-0.2, -0.15) is 17.9 Å². The summed E-state index contributed by atoms with van der Waals surface area (Å²) in [6.07, 6.45) is 1.28. The Morgan fingerprint density at radius 1 is 0.970 bits per heavy atom. The van der Waals surface area contributed by atoms with Gasteiger partial charge in [0.2, 0.25) is 10.0 Å². The van der Waals surface area contributed by atoms with Crippen molar-refractivity contribution in [2.45, 2.75) is 24.3 Å². The molecule has 1 aliphatic heterocycles. The van der Waals surface area contributed by atoms with E-state index in [1.807, 2.05) is 0 Å². The number of halogens is 1. The normalized spacial score (nSPS) is 16.5. The number of rotatable bonds is 6. The third kappa shape index (κ3) is 4.91. The summed E-state index contributed by atoms with van der Waals surface area (Å²) in [5, 5.41) is 4.44. The maximum atomic E-state index is 14.0. The van der Waals surface area contributed by atoms with Crippen LogP contribution in [0.4, 0.5) is 10.1 Å². The highest BCUT2D eigenvalue weighted by Crippen LogP contribution is 2.38. The Balaban J connectivity index is 1.76. The molecule has 1 aliphatic rings. The lowest BCUT2D eigenvalue weighted by molar-refractivity contribution is 0.370. The third-order valence-electron chi connectivity index (χ3n) is 5.25. The van der Waals surface area contributed by atoms with Crippen molar-refractivity contribution in [1.29, 1.82) is 0 Å². The second-order valence-electron chi connectivity index (χ2n) is 7.82. The van der Waals surface area contributed by atoms with Crippen LogP contribution in [0.3, 0.4) is 0 Å². The number of hydrazone groups is 1. The largest absolute Gasteiger partial charge is 0.284 e. The predicted molar refractivity (Wildman–Crippen MR) is 125 cm³/mol. The SMILES string of the molecule is Cc1ccccc1S(=O)(=O)N1N=C(c2ccc(NS(C)(=O)=O)cc2)C[C@H]1c1cccc(F)c1. The van der Waals surface area contributed by atoms with Gasteiger partial charge in [0.25, 0.3) is 10.0 Å². The number of hydrogen-bond donors (Lipinski definition) is 1. The van der Waals surface area contributed by atoms with Gasteiger partial charge in [-0.1, -0.05) is 42.5 Å². The van der Waals surface area contributed by atoms with E-state index < -0.39 is 31.9 Å². The monoisotopic (exact) mass is 487 g/mol. The van der Waals surface area contributed by atoms with E-state index in [1.165, 1.54) is 24.3 Å². The van der Waals surface area contributed by atoms with Gasteiger partial charge in [-0.25, -0.2) is 12.8 Å². The Labute approximate surface area is 192 Å². The topological polar surface area (TPSA) is 95.9 Å². The van der Waals surface area contributed by atoms with Crippen molar-refractivity contribution in [3.63, 3.8) is 0 Å². The van der Waals surface area contributed by atoms with Gasteiger partial charge in [-0.15, -0.1) is 0 Å². The van der Waals surface area contributed by atoms with E-state index in [1.54, 1.807) is 55.5 Å². The van der Waals surface area contributed by atoms with Gasteiger partial charge in [-0.05, 0) is 53.9 Å². The fraction of sp³-hybridized carbons (Fsp3) is 0.174. The van der Waals surface area contributed by atoms with Crippen LogP contribution >= 0.6 is 0 Å². The standard InChI is InChI=1S/C23H22FN3O4S2/c1-16-6-3-4-9-23(16)33(30,31)27-22(18-7-5-8-19(24)14-18)15-21(25-27)17-10-12-20(13-11-17)26-32(2,28)29/h3-14,22,26H,15H2,1-2H3/t22-/m0/s1. The molecule has 0 bridgehead atoms. The number of nitrogens with one attached hydrogen (secondary N) is 1. The number of aryl methyl sites for hydroxylation is 1. The molecule has 7 nitrogen and oxygen atoms in total. The van der Waals surface area contributed by atoms with Crippen molar-refractivity contribution in [2.24, 2.45) is 5.10 Å². The zero-order valence-electron chi connectivity index (χ0n) is 17.9. The van der Waals surface area contributed by atoms with Crippen LogP contribution in [0.25, 0.3) is 0 Å². The molecule has 0 saturated heterocycles. The highest BCUT2D eigenvalue weighted by Gasteiger charge is 2.38. The summed E-state index contributed by atoms with van der Waals surface area (Å²) in [7, 11) is -7.45. The molecule has 3 aromatic carbocycles. The first-order valence-corrected chi connectivity index (χ1v) is 13.4. The lowest BCUT2D eigenvalue weighted by Gasteiger charge is -2.24. The average molecular weight is 488 g/mol. The summed E-state index contributed by atoms with van der Waals surface area (Å²) in [5.41, 5.74) is 2.58. The van der Waals surface area contributed by atoms with Crippen LogP contribution in [0.2, 0.25) is 0 Å². The van der Waals surface area contributed by atoms with Gasteiger partial charge < -0.3 is 0 Å². The Hall–Kier alpha value is -3.24. The van der Waals surface area contributed by atoms with Crippen molar-refractivity contribution >= 4 is 31.4 Å². The molecule has 1 atom stereocenters. The maximum absolute atomic E-state index is 14.0. The fourth-order valence-corrected chi connectivity index (χ4v) is 5.97. The smallest absolute Gasteiger partial charge is 0.279 e. The molecule has 0 amide bonds. The summed E-state index contributed by atoms with van der Waals surface area (Å²) in [6, 6.07) is 18.2. The summed E-state index contributed by atoms with van der Waals surface area (Å²) >= 11 is 0. The molecular weight excluding hydrogens is 465 g/mol. The highest BCUT2D eigenvalue weighted by atomic mass is 32.2. The summed E-state index contributed by atoms with van der Waals surface area (Å²) in [6.45, 7) is 1.71. The number of benzene rings is 3.